The number of methoxy groups -OCH3 is 1. The zero-order chi connectivity index (χ0) is 27.4. The number of imidazole rings is 1. The van der Waals surface area contributed by atoms with Crippen molar-refractivity contribution in [3.05, 3.63) is 35.5 Å². The van der Waals surface area contributed by atoms with Crippen molar-refractivity contribution in [1.29, 1.82) is 0 Å². The number of carbonyl (C=O) groups excluding carboxylic acids is 1. The van der Waals surface area contributed by atoms with Gasteiger partial charge < -0.3 is 23.3 Å². The zero-order valence-electron chi connectivity index (χ0n) is 23.8. The van der Waals surface area contributed by atoms with Crippen LogP contribution in [0.25, 0.3) is 22.2 Å². The van der Waals surface area contributed by atoms with Crippen molar-refractivity contribution in [1.82, 2.24) is 19.6 Å². The van der Waals surface area contributed by atoms with E-state index in [1.54, 1.807) is 12.0 Å². The van der Waals surface area contributed by atoms with E-state index in [0.29, 0.717) is 6.61 Å². The number of hydrogen-bond donors (Lipinski definition) is 0. The van der Waals surface area contributed by atoms with E-state index >= 15 is 0 Å². The molecule has 1 saturated heterocycles. The van der Waals surface area contributed by atoms with Crippen LogP contribution in [0.3, 0.4) is 0 Å². The lowest BCUT2D eigenvalue weighted by Gasteiger charge is -2.36. The molecule has 9 nitrogen and oxygen atoms in total. The Hall–Kier alpha value is -2.91. The van der Waals surface area contributed by atoms with Crippen LogP contribution in [-0.4, -0.2) is 56.8 Å². The molecular weight excluding hydrogens is 484 g/mol. The smallest absolute Gasteiger partial charge is 0.413 e. The summed E-state index contributed by atoms with van der Waals surface area (Å²) in [5.74, 6) is 1.61. The van der Waals surface area contributed by atoms with E-state index < -0.39 is 17.4 Å². The molecule has 0 radical (unpaired) electrons. The molecule has 2 fully saturated rings. The van der Waals surface area contributed by atoms with Crippen LogP contribution < -0.4 is 0 Å². The van der Waals surface area contributed by atoms with Crippen molar-refractivity contribution in [3.8, 4) is 11.1 Å². The molecule has 38 heavy (non-hydrogen) atoms. The molecule has 206 valence electrons. The van der Waals surface area contributed by atoms with Crippen molar-refractivity contribution < 1.29 is 23.5 Å². The number of benzene rings is 1. The average Bonchev–Trinajstić information content (AvgIpc) is 3.49. The third kappa shape index (κ3) is 4.82. The molecule has 3 aromatic rings. The summed E-state index contributed by atoms with van der Waals surface area (Å²) in [6.07, 6.45) is 3.81. The number of carbonyl (C=O) groups is 1. The highest BCUT2D eigenvalue weighted by atomic mass is 16.6. The van der Waals surface area contributed by atoms with Crippen LogP contribution in [0.2, 0.25) is 0 Å². The summed E-state index contributed by atoms with van der Waals surface area (Å²) >= 11 is 0. The topological polar surface area (TPSA) is 91.9 Å². The predicted molar refractivity (Wildman–Crippen MR) is 144 cm³/mol. The molecular formula is C29H40N4O5. The summed E-state index contributed by atoms with van der Waals surface area (Å²) in [5, 5.41) is 4.13. The molecule has 0 spiro atoms. The lowest BCUT2D eigenvalue weighted by Crippen LogP contribution is -2.47. The Kier molecular flexibility index (Phi) is 6.80. The Morgan fingerprint density at radius 2 is 1.84 bits per heavy atom. The number of ether oxygens (including phenoxy) is 3. The van der Waals surface area contributed by atoms with Gasteiger partial charge in [0.15, 0.2) is 0 Å². The summed E-state index contributed by atoms with van der Waals surface area (Å²) in [4.78, 5) is 20.4. The van der Waals surface area contributed by atoms with Gasteiger partial charge in [0.05, 0.1) is 29.4 Å². The summed E-state index contributed by atoms with van der Waals surface area (Å²) in [5.41, 5.74) is 3.32. The number of nitrogens with zero attached hydrogens (tertiary/aromatic N) is 4. The van der Waals surface area contributed by atoms with Crippen LogP contribution in [0.5, 0.6) is 0 Å². The highest BCUT2D eigenvalue weighted by Gasteiger charge is 2.48. The lowest BCUT2D eigenvalue weighted by atomic mass is 9.92. The van der Waals surface area contributed by atoms with E-state index in [1.807, 2.05) is 48.5 Å². The van der Waals surface area contributed by atoms with Crippen molar-refractivity contribution in [2.75, 3.05) is 13.7 Å². The molecule has 1 aromatic carbocycles. The maximum absolute atomic E-state index is 13.5. The second kappa shape index (κ2) is 9.68. The third-order valence-electron chi connectivity index (χ3n) is 7.76. The van der Waals surface area contributed by atoms with Gasteiger partial charge in [-0.05, 0) is 91.8 Å². The number of rotatable bonds is 4. The van der Waals surface area contributed by atoms with Gasteiger partial charge in [0.2, 0.25) is 0 Å². The molecule has 0 bridgehead atoms. The predicted octanol–water partition coefficient (Wildman–Crippen LogP) is 6.48. The van der Waals surface area contributed by atoms with E-state index in [-0.39, 0.29) is 18.2 Å². The second-order valence-electron chi connectivity index (χ2n) is 12.0. The first-order chi connectivity index (χ1) is 17.9. The second-order valence-corrected chi connectivity index (χ2v) is 12.0. The van der Waals surface area contributed by atoms with E-state index in [1.165, 1.54) is 0 Å². The minimum absolute atomic E-state index is 0.246. The van der Waals surface area contributed by atoms with Crippen molar-refractivity contribution >= 4 is 17.1 Å². The maximum Gasteiger partial charge on any atom is 0.413 e. The normalized spacial score (nSPS) is 23.8. The first-order valence-electron chi connectivity index (χ1n) is 13.5. The molecule has 1 aliphatic carbocycles. The SMILES string of the molecule is COC1CCC(n2c([C@@H]3COC(C)(C)N3C(=O)OC(C)(C)C)nc3cc(-c4c(C)noc4C)ccc32)CC1. The maximum atomic E-state index is 13.5. The Bertz CT molecular complexity index is 1310. The van der Waals surface area contributed by atoms with E-state index in [4.69, 9.17) is 23.7 Å². The molecule has 9 heteroatoms. The van der Waals surface area contributed by atoms with Gasteiger partial charge in [-0.1, -0.05) is 11.2 Å². The number of aryl methyl sites for hydroxylation is 2. The molecule has 0 unspecified atom stereocenters. The standard InChI is InChI=1S/C29H40N4O5/c1-17-25(18(2)38-31-17)19-9-14-23-22(15-19)30-26(32(23)20-10-12-21(35-8)13-11-20)24-16-36-29(6,7)33(24)27(34)37-28(3,4)5/h9,14-15,20-21,24H,10-13,16H2,1-8H3/t20?,21?,24-/m0/s1. The third-order valence-corrected chi connectivity index (χ3v) is 7.76. The van der Waals surface area contributed by atoms with Crippen LogP contribution in [0, 0.1) is 13.8 Å². The summed E-state index contributed by atoms with van der Waals surface area (Å²) in [7, 11) is 1.79. The molecule has 1 saturated carbocycles. The summed E-state index contributed by atoms with van der Waals surface area (Å²) < 4.78 is 25.4. The van der Waals surface area contributed by atoms with Gasteiger partial charge in [-0.15, -0.1) is 0 Å². The van der Waals surface area contributed by atoms with Crippen molar-refractivity contribution in [2.24, 2.45) is 0 Å². The lowest BCUT2D eigenvalue weighted by molar-refractivity contribution is -0.0630. The number of amides is 1. The minimum Gasteiger partial charge on any atom is -0.444 e. The Labute approximate surface area is 224 Å². The van der Waals surface area contributed by atoms with Gasteiger partial charge in [-0.25, -0.2) is 9.78 Å². The van der Waals surface area contributed by atoms with E-state index in [9.17, 15) is 4.79 Å². The quantitative estimate of drug-likeness (QED) is 0.385. The van der Waals surface area contributed by atoms with E-state index in [2.05, 4.69) is 27.9 Å². The number of fused-ring (bicyclic) bond motifs is 1. The highest BCUT2D eigenvalue weighted by molar-refractivity contribution is 5.84. The molecule has 2 aliphatic rings. The summed E-state index contributed by atoms with van der Waals surface area (Å²) in [6.45, 7) is 13.7. The molecule has 1 atom stereocenters. The Morgan fingerprint density at radius 3 is 2.45 bits per heavy atom. The van der Waals surface area contributed by atoms with Crippen LogP contribution in [0.1, 0.15) is 89.7 Å². The van der Waals surface area contributed by atoms with E-state index in [0.717, 1.165) is 65.1 Å². The fourth-order valence-corrected chi connectivity index (χ4v) is 5.98. The molecule has 3 heterocycles. The Balaban J connectivity index is 1.63. The largest absolute Gasteiger partial charge is 0.444 e. The van der Waals surface area contributed by atoms with Crippen molar-refractivity contribution in [3.63, 3.8) is 0 Å². The first-order valence-corrected chi connectivity index (χ1v) is 13.5. The Morgan fingerprint density at radius 1 is 1.13 bits per heavy atom. The minimum atomic E-state index is -0.828. The highest BCUT2D eigenvalue weighted by Crippen LogP contribution is 2.42. The fraction of sp³-hybridized carbons (Fsp3) is 0.621. The van der Waals surface area contributed by atoms with Crippen LogP contribution in [-0.2, 0) is 14.2 Å². The molecule has 1 aliphatic heterocycles. The van der Waals surface area contributed by atoms with Crippen LogP contribution >= 0.6 is 0 Å². The van der Waals surface area contributed by atoms with Gasteiger partial charge in [-0.2, -0.15) is 0 Å². The van der Waals surface area contributed by atoms with Crippen molar-refractivity contribution in [2.45, 2.75) is 104 Å². The molecule has 2 aromatic heterocycles. The average molecular weight is 525 g/mol. The fourth-order valence-electron chi connectivity index (χ4n) is 5.98. The van der Waals surface area contributed by atoms with Gasteiger partial charge in [0.1, 0.15) is 29.0 Å². The van der Waals surface area contributed by atoms with Gasteiger partial charge in [0, 0.05) is 18.7 Å². The molecule has 0 N–H and O–H groups in total. The monoisotopic (exact) mass is 524 g/mol. The first kappa shape index (κ1) is 26.7. The molecule has 5 rings (SSSR count). The molecule has 1 amide bonds. The zero-order valence-corrected chi connectivity index (χ0v) is 23.8. The van der Waals surface area contributed by atoms with Gasteiger partial charge >= 0.3 is 6.09 Å². The summed E-state index contributed by atoms with van der Waals surface area (Å²) in [6, 6.07) is 6.21. The van der Waals surface area contributed by atoms with Crippen LogP contribution in [0.4, 0.5) is 4.79 Å². The number of hydrogen-bond acceptors (Lipinski definition) is 7. The number of aromatic nitrogens is 3. The van der Waals surface area contributed by atoms with Gasteiger partial charge in [0.25, 0.3) is 0 Å². The van der Waals surface area contributed by atoms with Gasteiger partial charge in [-0.3, -0.25) is 4.90 Å². The van der Waals surface area contributed by atoms with Crippen LogP contribution in [0.15, 0.2) is 22.7 Å².